The van der Waals surface area contributed by atoms with E-state index in [4.69, 9.17) is 9.47 Å². The zero-order chi connectivity index (χ0) is 14.1. The SMILES string of the molecule is COCCN(CCOC)CC(C)(O)c1ccccc1. The molecule has 0 saturated carbocycles. The van der Waals surface area contributed by atoms with Crippen LogP contribution in [-0.4, -0.2) is 57.1 Å². The van der Waals surface area contributed by atoms with Gasteiger partial charge in [-0.05, 0) is 12.5 Å². The smallest absolute Gasteiger partial charge is 0.0994 e. The molecule has 0 saturated heterocycles. The van der Waals surface area contributed by atoms with E-state index < -0.39 is 5.60 Å². The first-order chi connectivity index (χ1) is 9.10. The molecule has 1 aromatic rings. The van der Waals surface area contributed by atoms with E-state index in [9.17, 15) is 5.11 Å². The fourth-order valence-corrected chi connectivity index (χ4v) is 2.03. The van der Waals surface area contributed by atoms with E-state index in [2.05, 4.69) is 4.90 Å². The van der Waals surface area contributed by atoms with Gasteiger partial charge in [0.25, 0.3) is 0 Å². The Morgan fingerprint density at radius 2 is 1.58 bits per heavy atom. The Kier molecular flexibility index (Phi) is 7.02. The van der Waals surface area contributed by atoms with Crippen LogP contribution in [0.2, 0.25) is 0 Å². The van der Waals surface area contributed by atoms with Gasteiger partial charge in [0.2, 0.25) is 0 Å². The van der Waals surface area contributed by atoms with Crippen molar-refractivity contribution in [3.63, 3.8) is 0 Å². The maximum absolute atomic E-state index is 10.6. The summed E-state index contributed by atoms with van der Waals surface area (Å²) in [5, 5.41) is 10.6. The van der Waals surface area contributed by atoms with Crippen LogP contribution in [0, 0.1) is 0 Å². The first-order valence-electron chi connectivity index (χ1n) is 6.58. The number of rotatable bonds is 9. The van der Waals surface area contributed by atoms with Gasteiger partial charge in [-0.3, -0.25) is 4.90 Å². The summed E-state index contributed by atoms with van der Waals surface area (Å²) in [5.74, 6) is 0. The third kappa shape index (κ3) is 5.70. The molecule has 0 aliphatic rings. The fraction of sp³-hybridized carbons (Fsp3) is 0.600. The number of benzene rings is 1. The van der Waals surface area contributed by atoms with E-state index in [1.165, 1.54) is 0 Å². The summed E-state index contributed by atoms with van der Waals surface area (Å²) in [5.41, 5.74) is 0.0535. The van der Waals surface area contributed by atoms with Crippen molar-refractivity contribution < 1.29 is 14.6 Å². The monoisotopic (exact) mass is 267 g/mol. The number of methoxy groups -OCH3 is 2. The van der Waals surface area contributed by atoms with E-state index in [-0.39, 0.29) is 0 Å². The van der Waals surface area contributed by atoms with Gasteiger partial charge in [-0.15, -0.1) is 0 Å². The quantitative estimate of drug-likeness (QED) is 0.736. The lowest BCUT2D eigenvalue weighted by molar-refractivity contribution is 0.00212. The van der Waals surface area contributed by atoms with Crippen LogP contribution in [0.4, 0.5) is 0 Å². The van der Waals surface area contributed by atoms with Gasteiger partial charge < -0.3 is 14.6 Å². The molecular formula is C15H25NO3. The Morgan fingerprint density at radius 1 is 1.05 bits per heavy atom. The predicted octanol–water partition coefficient (Wildman–Crippen LogP) is 1.49. The Bertz CT molecular complexity index is 333. The summed E-state index contributed by atoms with van der Waals surface area (Å²) in [7, 11) is 3.37. The van der Waals surface area contributed by atoms with Crippen LogP contribution in [-0.2, 0) is 15.1 Å². The molecule has 0 bridgehead atoms. The highest BCUT2D eigenvalue weighted by Crippen LogP contribution is 2.21. The first-order valence-corrected chi connectivity index (χ1v) is 6.58. The van der Waals surface area contributed by atoms with Gasteiger partial charge in [-0.2, -0.15) is 0 Å². The average molecular weight is 267 g/mol. The molecule has 0 radical (unpaired) electrons. The second-order valence-electron chi connectivity index (χ2n) is 4.90. The largest absolute Gasteiger partial charge is 0.384 e. The number of ether oxygens (including phenoxy) is 2. The predicted molar refractivity (Wildman–Crippen MR) is 76.2 cm³/mol. The summed E-state index contributed by atoms with van der Waals surface area (Å²) in [6.07, 6.45) is 0. The molecule has 0 aliphatic heterocycles. The van der Waals surface area contributed by atoms with Crippen molar-refractivity contribution in [3.8, 4) is 0 Å². The number of hydrogen-bond donors (Lipinski definition) is 1. The molecule has 1 atom stereocenters. The van der Waals surface area contributed by atoms with Gasteiger partial charge >= 0.3 is 0 Å². The molecule has 1 rings (SSSR count). The fourth-order valence-electron chi connectivity index (χ4n) is 2.03. The van der Waals surface area contributed by atoms with Crippen LogP contribution in [0.5, 0.6) is 0 Å². The summed E-state index contributed by atoms with van der Waals surface area (Å²) < 4.78 is 10.2. The van der Waals surface area contributed by atoms with Crippen molar-refractivity contribution in [2.45, 2.75) is 12.5 Å². The Labute approximate surface area is 115 Å². The Hall–Kier alpha value is -0.940. The molecule has 0 aliphatic carbocycles. The van der Waals surface area contributed by atoms with E-state index in [1.54, 1.807) is 14.2 Å². The molecule has 0 heterocycles. The lowest BCUT2D eigenvalue weighted by atomic mass is 9.95. The topological polar surface area (TPSA) is 41.9 Å². The van der Waals surface area contributed by atoms with E-state index in [0.717, 1.165) is 18.7 Å². The molecular weight excluding hydrogens is 242 g/mol. The highest BCUT2D eigenvalue weighted by atomic mass is 16.5. The lowest BCUT2D eigenvalue weighted by Crippen LogP contribution is -2.42. The maximum Gasteiger partial charge on any atom is 0.0994 e. The summed E-state index contributed by atoms with van der Waals surface area (Å²) in [6, 6.07) is 9.74. The number of aliphatic hydroxyl groups is 1. The summed E-state index contributed by atoms with van der Waals surface area (Å²) in [4.78, 5) is 2.15. The lowest BCUT2D eigenvalue weighted by Gasteiger charge is -2.31. The molecule has 1 N–H and O–H groups in total. The Balaban J connectivity index is 2.64. The minimum atomic E-state index is -0.872. The third-order valence-electron chi connectivity index (χ3n) is 3.15. The molecule has 1 unspecified atom stereocenters. The second kappa shape index (κ2) is 8.27. The molecule has 4 heteroatoms. The minimum Gasteiger partial charge on any atom is -0.384 e. The molecule has 4 nitrogen and oxygen atoms in total. The van der Waals surface area contributed by atoms with Crippen molar-refractivity contribution in [3.05, 3.63) is 35.9 Å². The first kappa shape index (κ1) is 16.1. The van der Waals surface area contributed by atoms with Crippen LogP contribution >= 0.6 is 0 Å². The average Bonchev–Trinajstić information content (AvgIpc) is 2.42. The van der Waals surface area contributed by atoms with Crippen molar-refractivity contribution in [1.82, 2.24) is 4.90 Å². The Morgan fingerprint density at radius 3 is 2.05 bits per heavy atom. The molecule has 0 spiro atoms. The van der Waals surface area contributed by atoms with Gasteiger partial charge in [-0.1, -0.05) is 30.3 Å². The molecule has 108 valence electrons. The highest BCUT2D eigenvalue weighted by Gasteiger charge is 2.25. The maximum atomic E-state index is 10.6. The molecule has 19 heavy (non-hydrogen) atoms. The summed E-state index contributed by atoms with van der Waals surface area (Å²) >= 11 is 0. The van der Waals surface area contributed by atoms with Gasteiger partial charge in [0.05, 0.1) is 18.8 Å². The number of nitrogens with zero attached hydrogens (tertiary/aromatic N) is 1. The summed E-state index contributed by atoms with van der Waals surface area (Å²) in [6.45, 7) is 5.26. The van der Waals surface area contributed by atoms with Gasteiger partial charge in [0, 0.05) is 33.9 Å². The molecule has 0 fully saturated rings. The van der Waals surface area contributed by atoms with E-state index in [0.29, 0.717) is 19.8 Å². The van der Waals surface area contributed by atoms with Crippen molar-refractivity contribution in [1.29, 1.82) is 0 Å². The number of hydrogen-bond acceptors (Lipinski definition) is 4. The van der Waals surface area contributed by atoms with Gasteiger partial charge in [0.1, 0.15) is 0 Å². The van der Waals surface area contributed by atoms with Crippen LogP contribution in [0.1, 0.15) is 12.5 Å². The standard InChI is InChI=1S/C15H25NO3/c1-15(17,14-7-5-4-6-8-14)13-16(9-11-18-2)10-12-19-3/h4-8,17H,9-13H2,1-3H3. The van der Waals surface area contributed by atoms with Gasteiger partial charge in [0.15, 0.2) is 0 Å². The normalized spacial score (nSPS) is 14.6. The molecule has 1 aromatic carbocycles. The molecule has 0 aromatic heterocycles. The van der Waals surface area contributed by atoms with Crippen LogP contribution in [0.3, 0.4) is 0 Å². The molecule has 0 amide bonds. The second-order valence-corrected chi connectivity index (χ2v) is 4.90. The van der Waals surface area contributed by atoms with Crippen LogP contribution in [0.25, 0.3) is 0 Å². The van der Waals surface area contributed by atoms with E-state index >= 15 is 0 Å². The van der Waals surface area contributed by atoms with E-state index in [1.807, 2.05) is 37.3 Å². The zero-order valence-corrected chi connectivity index (χ0v) is 12.1. The van der Waals surface area contributed by atoms with Gasteiger partial charge in [-0.25, -0.2) is 0 Å². The van der Waals surface area contributed by atoms with Crippen molar-refractivity contribution in [2.75, 3.05) is 47.1 Å². The minimum absolute atomic E-state index is 0.559. The zero-order valence-electron chi connectivity index (χ0n) is 12.1. The third-order valence-corrected chi connectivity index (χ3v) is 3.15. The van der Waals surface area contributed by atoms with Crippen LogP contribution < -0.4 is 0 Å². The van der Waals surface area contributed by atoms with Crippen molar-refractivity contribution in [2.24, 2.45) is 0 Å². The van der Waals surface area contributed by atoms with Crippen LogP contribution in [0.15, 0.2) is 30.3 Å². The van der Waals surface area contributed by atoms with Crippen molar-refractivity contribution >= 4 is 0 Å². The highest BCUT2D eigenvalue weighted by molar-refractivity contribution is 5.21.